The highest BCUT2D eigenvalue weighted by molar-refractivity contribution is 7.98. The molecule has 0 unspecified atom stereocenters. The third-order valence-electron chi connectivity index (χ3n) is 4.85. The molecule has 0 atom stereocenters. The van der Waals surface area contributed by atoms with Gasteiger partial charge in [0.05, 0.1) is 16.6 Å². The molecule has 0 saturated carbocycles. The van der Waals surface area contributed by atoms with E-state index in [9.17, 15) is 18.8 Å². The molecule has 0 aromatic carbocycles. The first kappa shape index (κ1) is 25.5. The van der Waals surface area contributed by atoms with E-state index < -0.39 is 29.2 Å². The molecule has 4 aromatic heterocycles. The number of carbonyl (C=O) groups is 2. The van der Waals surface area contributed by atoms with Gasteiger partial charge in [-0.2, -0.15) is 14.2 Å². The lowest BCUT2D eigenvalue weighted by Gasteiger charge is -2.17. The lowest BCUT2D eigenvalue weighted by molar-refractivity contribution is 0.0736. The van der Waals surface area contributed by atoms with Crippen LogP contribution in [0.15, 0.2) is 51.7 Å². The fraction of sp³-hybridized carbons (Fsp3) is 0.261. The second-order valence-corrected chi connectivity index (χ2v) is 12.3. The van der Waals surface area contributed by atoms with Crippen LogP contribution in [0.3, 0.4) is 0 Å². The van der Waals surface area contributed by atoms with Crippen LogP contribution >= 0.6 is 46.0 Å². The van der Waals surface area contributed by atoms with Crippen molar-refractivity contribution in [2.45, 2.75) is 38.1 Å². The van der Waals surface area contributed by atoms with Gasteiger partial charge in [0.1, 0.15) is 5.03 Å². The fourth-order valence-electron chi connectivity index (χ4n) is 3.08. The van der Waals surface area contributed by atoms with E-state index in [4.69, 9.17) is 11.6 Å². The van der Waals surface area contributed by atoms with E-state index in [1.54, 1.807) is 32.2 Å². The van der Waals surface area contributed by atoms with E-state index in [0.717, 1.165) is 26.8 Å². The number of nitrogens with zero attached hydrogens (tertiary/aromatic N) is 4. The smallest absolute Gasteiger partial charge is 0.253 e. The zero-order chi connectivity index (χ0) is 25.3. The van der Waals surface area contributed by atoms with Crippen LogP contribution in [-0.4, -0.2) is 31.0 Å². The molecular formula is C23H20ClFN4O3S3. The molecule has 35 heavy (non-hydrogen) atoms. The molecule has 0 bridgehead atoms. The summed E-state index contributed by atoms with van der Waals surface area (Å²) in [6.07, 6.45) is 1.47. The van der Waals surface area contributed by atoms with Crippen molar-refractivity contribution in [2.75, 3.05) is 0 Å². The standard InChI is InChI=1S/C23H20ClFN4O3S3/c1-23(2,3)22(32)29-20(34-12-14-4-5-17(24)35-14)10-15(27-29)13-8-18(25)28(19(31)9-13)11-16(30)21-26-6-7-33-21/h4-10H,11-12H2,1-3H3. The Morgan fingerprint density at radius 3 is 2.57 bits per heavy atom. The fourth-order valence-corrected chi connectivity index (χ4v) is 5.77. The van der Waals surface area contributed by atoms with Crippen LogP contribution < -0.4 is 5.56 Å². The Labute approximate surface area is 217 Å². The van der Waals surface area contributed by atoms with E-state index in [1.807, 2.05) is 12.1 Å². The molecular weight excluding hydrogens is 531 g/mol. The number of carbonyl (C=O) groups excluding carboxylic acids is 2. The average molecular weight is 551 g/mol. The zero-order valence-corrected chi connectivity index (χ0v) is 22.2. The quantitative estimate of drug-likeness (QED) is 0.162. The molecule has 4 rings (SSSR count). The van der Waals surface area contributed by atoms with Crippen LogP contribution in [0.4, 0.5) is 4.39 Å². The van der Waals surface area contributed by atoms with Gasteiger partial charge in [0.15, 0.2) is 11.0 Å². The predicted octanol–water partition coefficient (Wildman–Crippen LogP) is 5.88. The van der Waals surface area contributed by atoms with E-state index >= 15 is 0 Å². The van der Waals surface area contributed by atoms with Crippen molar-refractivity contribution < 1.29 is 14.0 Å². The molecule has 12 heteroatoms. The van der Waals surface area contributed by atoms with Gasteiger partial charge in [-0.3, -0.25) is 19.0 Å². The molecule has 4 aromatic rings. The van der Waals surface area contributed by atoms with Crippen molar-refractivity contribution in [3.05, 3.63) is 72.4 Å². The van der Waals surface area contributed by atoms with Gasteiger partial charge < -0.3 is 0 Å². The van der Waals surface area contributed by atoms with Crippen LogP contribution in [0.2, 0.25) is 4.34 Å². The molecule has 0 aliphatic carbocycles. The minimum atomic E-state index is -0.878. The maximum Gasteiger partial charge on any atom is 0.253 e. The van der Waals surface area contributed by atoms with E-state index in [-0.39, 0.29) is 22.2 Å². The van der Waals surface area contributed by atoms with E-state index in [0.29, 0.717) is 15.1 Å². The van der Waals surface area contributed by atoms with Crippen molar-refractivity contribution in [1.29, 1.82) is 0 Å². The van der Waals surface area contributed by atoms with Crippen molar-refractivity contribution in [3.63, 3.8) is 0 Å². The first-order valence-electron chi connectivity index (χ1n) is 10.4. The van der Waals surface area contributed by atoms with Crippen LogP contribution in [0.1, 0.15) is 40.2 Å². The summed E-state index contributed by atoms with van der Waals surface area (Å²) in [6.45, 7) is 4.89. The second-order valence-electron chi connectivity index (χ2n) is 8.58. The topological polar surface area (TPSA) is 86.8 Å². The summed E-state index contributed by atoms with van der Waals surface area (Å²) < 4.78 is 17.6. The summed E-state index contributed by atoms with van der Waals surface area (Å²) in [5, 5.41) is 6.81. The van der Waals surface area contributed by atoms with Gasteiger partial charge >= 0.3 is 0 Å². The van der Waals surface area contributed by atoms with Crippen LogP contribution in [-0.2, 0) is 12.3 Å². The molecule has 4 heterocycles. The summed E-state index contributed by atoms with van der Waals surface area (Å²) in [4.78, 5) is 43.0. The van der Waals surface area contributed by atoms with E-state index in [2.05, 4.69) is 10.1 Å². The normalized spacial score (nSPS) is 11.7. The first-order valence-corrected chi connectivity index (χ1v) is 13.4. The molecule has 0 aliphatic heterocycles. The first-order chi connectivity index (χ1) is 16.5. The summed E-state index contributed by atoms with van der Waals surface area (Å²) in [5.74, 6) is -1.01. The van der Waals surface area contributed by atoms with Gasteiger partial charge in [-0.1, -0.05) is 32.4 Å². The third-order valence-corrected chi connectivity index (χ3v) is 8.12. The monoisotopic (exact) mass is 550 g/mol. The van der Waals surface area contributed by atoms with Crippen LogP contribution in [0.25, 0.3) is 11.3 Å². The molecule has 0 fully saturated rings. The Morgan fingerprint density at radius 1 is 1.20 bits per heavy atom. The van der Waals surface area contributed by atoms with Gasteiger partial charge in [-0.05, 0) is 18.2 Å². The number of hydrogen-bond acceptors (Lipinski definition) is 8. The van der Waals surface area contributed by atoms with Gasteiger partial charge in [-0.15, -0.1) is 34.4 Å². The number of Topliss-reactive ketones (excluding diaryl/α,β-unsaturated/α-hetero) is 1. The second kappa shape index (κ2) is 10.2. The minimum absolute atomic E-state index is 0.202. The van der Waals surface area contributed by atoms with Crippen molar-refractivity contribution >= 4 is 57.7 Å². The molecule has 0 amide bonds. The number of ketones is 1. The molecule has 0 radical (unpaired) electrons. The number of hydrogen-bond donors (Lipinski definition) is 0. The highest BCUT2D eigenvalue weighted by Gasteiger charge is 2.27. The summed E-state index contributed by atoms with van der Waals surface area (Å²) >= 11 is 9.98. The lowest BCUT2D eigenvalue weighted by atomic mass is 9.96. The number of halogens is 2. The molecule has 0 N–H and O–H groups in total. The Balaban J connectivity index is 1.66. The molecule has 0 spiro atoms. The number of aromatic nitrogens is 4. The van der Waals surface area contributed by atoms with Crippen molar-refractivity contribution in [1.82, 2.24) is 19.3 Å². The predicted molar refractivity (Wildman–Crippen MR) is 137 cm³/mol. The maximum atomic E-state index is 14.9. The maximum absolute atomic E-state index is 14.9. The van der Waals surface area contributed by atoms with Crippen LogP contribution in [0.5, 0.6) is 0 Å². The highest BCUT2D eigenvalue weighted by atomic mass is 35.5. The van der Waals surface area contributed by atoms with Gasteiger partial charge in [0.25, 0.3) is 11.5 Å². The number of thiophene rings is 1. The molecule has 182 valence electrons. The number of pyridine rings is 1. The van der Waals surface area contributed by atoms with Crippen molar-refractivity contribution in [2.24, 2.45) is 5.41 Å². The van der Waals surface area contributed by atoms with Crippen LogP contribution in [0, 0.1) is 11.4 Å². The Morgan fingerprint density at radius 2 is 1.97 bits per heavy atom. The van der Waals surface area contributed by atoms with Crippen molar-refractivity contribution in [3.8, 4) is 11.3 Å². The summed E-state index contributed by atoms with van der Waals surface area (Å²) in [5.41, 5.74) is -0.907. The summed E-state index contributed by atoms with van der Waals surface area (Å²) in [6, 6.07) is 7.72. The molecule has 0 saturated heterocycles. The summed E-state index contributed by atoms with van der Waals surface area (Å²) in [7, 11) is 0. The van der Waals surface area contributed by atoms with Gasteiger partial charge in [-0.25, -0.2) is 4.98 Å². The number of rotatable bonds is 7. The highest BCUT2D eigenvalue weighted by Crippen LogP contribution is 2.33. The average Bonchev–Trinajstić information content (AvgIpc) is 3.54. The van der Waals surface area contributed by atoms with Gasteiger partial charge in [0, 0.05) is 45.3 Å². The Hall–Kier alpha value is -2.60. The zero-order valence-electron chi connectivity index (χ0n) is 18.9. The Kier molecular flexibility index (Phi) is 7.41. The SMILES string of the molecule is CC(C)(C)C(=O)n1nc(-c2cc(F)n(CC(=O)c3nccs3)c(=O)c2)cc1SCc1ccc(Cl)s1. The molecule has 0 aliphatic rings. The van der Waals surface area contributed by atoms with Gasteiger partial charge in [0.2, 0.25) is 5.78 Å². The number of thiazole rings is 1. The van der Waals surface area contributed by atoms with E-state index in [1.165, 1.54) is 40.0 Å². The Bertz CT molecular complexity index is 1450. The minimum Gasteiger partial charge on any atom is -0.289 e. The third kappa shape index (κ3) is 5.80. The number of thioether (sulfide) groups is 1. The molecule has 7 nitrogen and oxygen atoms in total. The lowest BCUT2D eigenvalue weighted by Crippen LogP contribution is -2.28. The largest absolute Gasteiger partial charge is 0.289 e.